The Morgan fingerprint density at radius 3 is 2.25 bits per heavy atom. The summed E-state index contributed by atoms with van der Waals surface area (Å²) in [5.74, 6) is 0. The number of rotatable bonds is 1. The van der Waals surface area contributed by atoms with Gasteiger partial charge >= 0.3 is 0 Å². The molecule has 0 spiro atoms. The summed E-state index contributed by atoms with van der Waals surface area (Å²) in [6.45, 7) is 2.45. The standard InChI is InChI=1S/C10H19NO/c12-10-6-2-1-5-9(10)11-7-3-4-8-11/h9-10,12H,1-8H2/t9?,10-/m1/s1. The summed E-state index contributed by atoms with van der Waals surface area (Å²) in [7, 11) is 0. The molecule has 1 aliphatic heterocycles. The molecule has 1 saturated carbocycles. The van der Waals surface area contributed by atoms with Gasteiger partial charge in [0, 0.05) is 6.04 Å². The predicted molar refractivity (Wildman–Crippen MR) is 49.1 cm³/mol. The van der Waals surface area contributed by atoms with Gasteiger partial charge in [0.25, 0.3) is 0 Å². The van der Waals surface area contributed by atoms with Crippen LogP contribution < -0.4 is 0 Å². The van der Waals surface area contributed by atoms with Gasteiger partial charge in [0.05, 0.1) is 6.10 Å². The van der Waals surface area contributed by atoms with Crippen molar-refractivity contribution in [3.8, 4) is 0 Å². The van der Waals surface area contributed by atoms with Gasteiger partial charge in [-0.25, -0.2) is 0 Å². The monoisotopic (exact) mass is 169 g/mol. The molecule has 1 unspecified atom stereocenters. The van der Waals surface area contributed by atoms with Gasteiger partial charge in [0.1, 0.15) is 0 Å². The summed E-state index contributed by atoms with van der Waals surface area (Å²) >= 11 is 0. The van der Waals surface area contributed by atoms with Crippen LogP contribution in [0.15, 0.2) is 0 Å². The molecule has 0 amide bonds. The lowest BCUT2D eigenvalue weighted by atomic mass is 9.91. The molecular formula is C10H19NO. The summed E-state index contributed by atoms with van der Waals surface area (Å²) in [6, 6.07) is 0.501. The van der Waals surface area contributed by atoms with Crippen LogP contribution in [0.5, 0.6) is 0 Å². The van der Waals surface area contributed by atoms with Crippen molar-refractivity contribution in [1.82, 2.24) is 4.90 Å². The van der Waals surface area contributed by atoms with Crippen LogP contribution in [0.4, 0.5) is 0 Å². The second kappa shape index (κ2) is 3.75. The first-order chi connectivity index (χ1) is 5.88. The van der Waals surface area contributed by atoms with Gasteiger partial charge < -0.3 is 5.11 Å². The molecule has 2 heteroatoms. The van der Waals surface area contributed by atoms with Gasteiger partial charge in [-0.3, -0.25) is 4.90 Å². The van der Waals surface area contributed by atoms with E-state index >= 15 is 0 Å². The van der Waals surface area contributed by atoms with E-state index in [9.17, 15) is 5.11 Å². The maximum Gasteiger partial charge on any atom is 0.0695 e. The Morgan fingerprint density at radius 2 is 1.58 bits per heavy atom. The maximum absolute atomic E-state index is 9.79. The minimum atomic E-state index is -0.0307. The maximum atomic E-state index is 9.79. The van der Waals surface area contributed by atoms with Crippen molar-refractivity contribution >= 4 is 0 Å². The molecule has 12 heavy (non-hydrogen) atoms. The quantitative estimate of drug-likeness (QED) is 0.641. The SMILES string of the molecule is O[C@@H]1CCCCC1N1CCCC1. The molecular weight excluding hydrogens is 150 g/mol. The van der Waals surface area contributed by atoms with Gasteiger partial charge in [-0.2, -0.15) is 0 Å². The van der Waals surface area contributed by atoms with Crippen molar-refractivity contribution in [2.24, 2.45) is 0 Å². The molecule has 1 saturated heterocycles. The smallest absolute Gasteiger partial charge is 0.0695 e. The summed E-state index contributed by atoms with van der Waals surface area (Å²) in [6.07, 6.45) is 7.44. The molecule has 1 N–H and O–H groups in total. The van der Waals surface area contributed by atoms with Crippen molar-refractivity contribution in [2.45, 2.75) is 50.7 Å². The number of hydrogen-bond donors (Lipinski definition) is 1. The highest BCUT2D eigenvalue weighted by molar-refractivity contribution is 4.85. The summed E-state index contributed by atoms with van der Waals surface area (Å²) in [5.41, 5.74) is 0. The number of nitrogens with zero attached hydrogens (tertiary/aromatic N) is 1. The molecule has 2 aliphatic rings. The zero-order valence-electron chi connectivity index (χ0n) is 7.71. The van der Waals surface area contributed by atoms with E-state index in [1.807, 2.05) is 0 Å². The van der Waals surface area contributed by atoms with Crippen molar-refractivity contribution in [2.75, 3.05) is 13.1 Å². The van der Waals surface area contributed by atoms with E-state index in [1.165, 1.54) is 45.2 Å². The van der Waals surface area contributed by atoms with Gasteiger partial charge in [0.15, 0.2) is 0 Å². The zero-order chi connectivity index (χ0) is 8.39. The molecule has 0 aromatic heterocycles. The highest BCUT2D eigenvalue weighted by Gasteiger charge is 2.29. The largest absolute Gasteiger partial charge is 0.391 e. The van der Waals surface area contributed by atoms with Crippen molar-refractivity contribution in [1.29, 1.82) is 0 Å². The Morgan fingerprint density at radius 1 is 0.917 bits per heavy atom. The first-order valence-corrected chi connectivity index (χ1v) is 5.30. The first-order valence-electron chi connectivity index (χ1n) is 5.30. The summed E-state index contributed by atoms with van der Waals surface area (Å²) < 4.78 is 0. The molecule has 2 nitrogen and oxygen atoms in total. The van der Waals surface area contributed by atoms with E-state index in [2.05, 4.69) is 4.90 Å². The van der Waals surface area contributed by atoms with Crippen LogP contribution in [0.2, 0.25) is 0 Å². The number of likely N-dealkylation sites (tertiary alicyclic amines) is 1. The Hall–Kier alpha value is -0.0800. The Kier molecular flexibility index (Phi) is 2.66. The van der Waals surface area contributed by atoms with E-state index in [-0.39, 0.29) is 6.10 Å². The van der Waals surface area contributed by atoms with Crippen molar-refractivity contribution in [3.63, 3.8) is 0 Å². The van der Waals surface area contributed by atoms with E-state index in [4.69, 9.17) is 0 Å². The van der Waals surface area contributed by atoms with Crippen LogP contribution in [0.25, 0.3) is 0 Å². The molecule has 0 bridgehead atoms. The second-order valence-corrected chi connectivity index (χ2v) is 4.16. The van der Waals surface area contributed by atoms with Gasteiger partial charge in [0.2, 0.25) is 0 Å². The topological polar surface area (TPSA) is 23.5 Å². The van der Waals surface area contributed by atoms with Crippen LogP contribution in [0.3, 0.4) is 0 Å². The zero-order valence-corrected chi connectivity index (χ0v) is 7.71. The van der Waals surface area contributed by atoms with Crippen LogP contribution >= 0.6 is 0 Å². The van der Waals surface area contributed by atoms with Crippen LogP contribution in [0, 0.1) is 0 Å². The second-order valence-electron chi connectivity index (χ2n) is 4.16. The summed E-state index contributed by atoms with van der Waals surface area (Å²) in [5, 5.41) is 9.79. The van der Waals surface area contributed by atoms with E-state index in [0.717, 1.165) is 6.42 Å². The number of aliphatic hydroxyl groups excluding tert-OH is 1. The highest BCUT2D eigenvalue weighted by Crippen LogP contribution is 2.25. The predicted octanol–water partition coefficient (Wildman–Crippen LogP) is 1.39. The summed E-state index contributed by atoms with van der Waals surface area (Å²) in [4.78, 5) is 2.49. The lowest BCUT2D eigenvalue weighted by Crippen LogP contribution is -2.43. The van der Waals surface area contributed by atoms with Gasteiger partial charge in [-0.05, 0) is 38.8 Å². The molecule has 2 fully saturated rings. The molecule has 0 aromatic carbocycles. The van der Waals surface area contributed by atoms with Gasteiger partial charge in [-0.15, -0.1) is 0 Å². The molecule has 0 radical (unpaired) electrons. The minimum Gasteiger partial charge on any atom is -0.391 e. The molecule has 2 atom stereocenters. The third kappa shape index (κ3) is 1.64. The molecule has 1 aliphatic carbocycles. The average Bonchev–Trinajstić information content (AvgIpc) is 2.57. The Labute approximate surface area is 74.6 Å². The average molecular weight is 169 g/mol. The Bertz CT molecular complexity index is 143. The third-order valence-electron chi connectivity index (χ3n) is 3.30. The number of aliphatic hydroxyl groups is 1. The molecule has 0 aromatic rings. The van der Waals surface area contributed by atoms with Crippen LogP contribution in [0.1, 0.15) is 38.5 Å². The van der Waals surface area contributed by atoms with E-state index in [1.54, 1.807) is 0 Å². The molecule has 2 rings (SSSR count). The molecule has 1 heterocycles. The molecule has 70 valence electrons. The van der Waals surface area contributed by atoms with E-state index in [0.29, 0.717) is 6.04 Å². The first kappa shape index (κ1) is 8.52. The van der Waals surface area contributed by atoms with Crippen molar-refractivity contribution in [3.05, 3.63) is 0 Å². The highest BCUT2D eigenvalue weighted by atomic mass is 16.3. The van der Waals surface area contributed by atoms with Crippen LogP contribution in [-0.4, -0.2) is 35.2 Å². The van der Waals surface area contributed by atoms with Crippen molar-refractivity contribution < 1.29 is 5.11 Å². The normalized spacial score (nSPS) is 38.8. The lowest BCUT2D eigenvalue weighted by Gasteiger charge is -2.34. The fourth-order valence-electron chi connectivity index (χ4n) is 2.59. The Balaban J connectivity index is 1.91. The van der Waals surface area contributed by atoms with Gasteiger partial charge in [-0.1, -0.05) is 12.8 Å². The minimum absolute atomic E-state index is 0.0307. The van der Waals surface area contributed by atoms with Crippen LogP contribution in [-0.2, 0) is 0 Å². The number of hydrogen-bond acceptors (Lipinski definition) is 2. The fourth-order valence-corrected chi connectivity index (χ4v) is 2.59. The lowest BCUT2D eigenvalue weighted by molar-refractivity contribution is 0.0312. The third-order valence-corrected chi connectivity index (χ3v) is 3.30. The van der Waals surface area contributed by atoms with E-state index < -0.39 is 0 Å². The fraction of sp³-hybridized carbons (Fsp3) is 1.00.